The fourth-order valence-electron chi connectivity index (χ4n) is 3.40. The summed E-state index contributed by atoms with van der Waals surface area (Å²) in [6.07, 6.45) is 4.00. The number of aromatic nitrogens is 2. The van der Waals surface area contributed by atoms with Gasteiger partial charge in [-0.2, -0.15) is 0 Å². The van der Waals surface area contributed by atoms with E-state index in [1.165, 1.54) is 12.1 Å². The Kier molecular flexibility index (Phi) is 6.88. The summed E-state index contributed by atoms with van der Waals surface area (Å²) < 4.78 is 23.7. The molecule has 1 aliphatic rings. The van der Waals surface area contributed by atoms with Gasteiger partial charge in [-0.25, -0.2) is 18.4 Å². The minimum absolute atomic E-state index is 0.0153. The van der Waals surface area contributed by atoms with Gasteiger partial charge in [-0.1, -0.05) is 13.0 Å². The average molecular weight is 433 g/mol. The molecule has 1 amide bonds. The molecule has 162 valence electrons. The van der Waals surface area contributed by atoms with Gasteiger partial charge in [0, 0.05) is 18.5 Å². The van der Waals surface area contributed by atoms with Crippen molar-refractivity contribution in [1.82, 2.24) is 15.3 Å². The molecule has 0 spiro atoms. The van der Waals surface area contributed by atoms with Crippen LogP contribution in [0.15, 0.2) is 29.2 Å². The third kappa shape index (κ3) is 5.45. The van der Waals surface area contributed by atoms with Crippen LogP contribution in [0.25, 0.3) is 0 Å². The van der Waals surface area contributed by atoms with Gasteiger partial charge in [0.1, 0.15) is 5.82 Å². The maximum atomic E-state index is 12.0. The van der Waals surface area contributed by atoms with Gasteiger partial charge < -0.3 is 21.7 Å². The molecule has 5 N–H and O–H groups in total. The molecule has 0 unspecified atom stereocenters. The number of nitrogens with zero attached hydrogens (tertiary/aromatic N) is 2. The van der Waals surface area contributed by atoms with Crippen LogP contribution in [-0.4, -0.2) is 50.2 Å². The Hall–Kier alpha value is -2.72. The molecule has 0 saturated carbocycles. The number of aryl methyl sites for hydroxylation is 1. The zero-order chi connectivity index (χ0) is 21.7. The molecule has 9 nitrogen and oxygen atoms in total. The molecule has 1 saturated heterocycles. The van der Waals surface area contributed by atoms with E-state index in [2.05, 4.69) is 25.9 Å². The first-order chi connectivity index (χ1) is 14.3. The number of sulfone groups is 1. The van der Waals surface area contributed by atoms with E-state index < -0.39 is 15.7 Å². The third-order valence-electron chi connectivity index (χ3n) is 5.02. The van der Waals surface area contributed by atoms with Gasteiger partial charge in [0.15, 0.2) is 21.3 Å². The van der Waals surface area contributed by atoms with Crippen LogP contribution in [0.1, 0.15) is 35.9 Å². The first-order valence-electron chi connectivity index (χ1n) is 10.0. The number of carbonyl (C=O) groups is 1. The van der Waals surface area contributed by atoms with E-state index in [4.69, 9.17) is 5.73 Å². The van der Waals surface area contributed by atoms with Gasteiger partial charge in [-0.05, 0) is 56.5 Å². The molecule has 30 heavy (non-hydrogen) atoms. The molecule has 1 atom stereocenters. The van der Waals surface area contributed by atoms with Crippen molar-refractivity contribution in [3.63, 3.8) is 0 Å². The Bertz CT molecular complexity index is 1020. The quantitative estimate of drug-likeness (QED) is 0.494. The lowest BCUT2D eigenvalue weighted by Crippen LogP contribution is -2.34. The molecular weight excluding hydrogens is 404 g/mol. The van der Waals surface area contributed by atoms with Crippen molar-refractivity contribution in [1.29, 1.82) is 0 Å². The van der Waals surface area contributed by atoms with E-state index in [1.54, 1.807) is 12.1 Å². The smallest absolute Gasteiger partial charge is 0.271 e. The summed E-state index contributed by atoms with van der Waals surface area (Å²) in [6, 6.07) is 6.30. The Labute approximate surface area is 176 Å². The van der Waals surface area contributed by atoms with Crippen molar-refractivity contribution >= 4 is 33.1 Å². The zero-order valence-corrected chi connectivity index (χ0v) is 18.1. The van der Waals surface area contributed by atoms with Crippen molar-refractivity contribution in [2.24, 2.45) is 11.7 Å². The highest BCUT2D eigenvalue weighted by atomic mass is 32.2. The maximum Gasteiger partial charge on any atom is 0.271 e. The normalized spacial score (nSPS) is 16.8. The van der Waals surface area contributed by atoms with Crippen molar-refractivity contribution < 1.29 is 13.2 Å². The summed E-state index contributed by atoms with van der Waals surface area (Å²) >= 11 is 0. The van der Waals surface area contributed by atoms with Crippen LogP contribution < -0.4 is 21.7 Å². The number of hydrogen-bond acceptors (Lipinski definition) is 8. The second-order valence-corrected chi connectivity index (χ2v) is 9.47. The Morgan fingerprint density at radius 1 is 1.30 bits per heavy atom. The van der Waals surface area contributed by atoms with E-state index in [0.29, 0.717) is 29.5 Å². The molecule has 2 heterocycles. The molecule has 2 aromatic rings. The van der Waals surface area contributed by atoms with Crippen molar-refractivity contribution in [3.8, 4) is 0 Å². The largest absolute Gasteiger partial charge is 0.368 e. The van der Waals surface area contributed by atoms with Crippen LogP contribution in [0.5, 0.6) is 0 Å². The number of primary amides is 1. The van der Waals surface area contributed by atoms with Gasteiger partial charge in [0.2, 0.25) is 0 Å². The summed E-state index contributed by atoms with van der Waals surface area (Å²) in [4.78, 5) is 21.1. The van der Waals surface area contributed by atoms with E-state index >= 15 is 0 Å². The van der Waals surface area contributed by atoms with Crippen LogP contribution in [-0.2, 0) is 16.3 Å². The number of amides is 1. The van der Waals surface area contributed by atoms with Gasteiger partial charge in [-0.15, -0.1) is 0 Å². The first-order valence-corrected chi connectivity index (χ1v) is 11.9. The van der Waals surface area contributed by atoms with Crippen LogP contribution in [0, 0.1) is 5.92 Å². The molecule has 0 bridgehead atoms. The van der Waals surface area contributed by atoms with Crippen molar-refractivity contribution in [3.05, 3.63) is 35.7 Å². The Balaban J connectivity index is 1.91. The highest BCUT2D eigenvalue weighted by Crippen LogP contribution is 2.24. The number of carbonyl (C=O) groups excluding carboxylic acids is 1. The standard InChI is InChI=1S/C20H28N6O3S/c1-3-16-19(23-12-13-6-5-9-22-11-13)26-20(17(25-16)18(21)27)24-14-7-4-8-15(10-14)30(2,28)29/h4,7-8,10,13,22H,3,5-6,9,11-12H2,1-2H3,(H2,21,27)(H2,23,24,26)/t13-/m0/s1. The highest BCUT2D eigenvalue weighted by Gasteiger charge is 2.19. The fraction of sp³-hybridized carbons (Fsp3) is 0.450. The lowest BCUT2D eigenvalue weighted by Gasteiger charge is -2.24. The molecule has 10 heteroatoms. The van der Waals surface area contributed by atoms with E-state index in [-0.39, 0.29) is 16.4 Å². The van der Waals surface area contributed by atoms with Crippen LogP contribution in [0.3, 0.4) is 0 Å². The minimum Gasteiger partial charge on any atom is -0.368 e. The SMILES string of the molecule is CCc1nc(C(N)=O)c(Nc2cccc(S(C)(=O)=O)c2)nc1NC[C@H]1CCCNC1. The zero-order valence-electron chi connectivity index (χ0n) is 17.2. The number of nitrogens with one attached hydrogen (secondary N) is 3. The lowest BCUT2D eigenvalue weighted by atomic mass is 10.00. The third-order valence-corrected chi connectivity index (χ3v) is 6.13. The highest BCUT2D eigenvalue weighted by molar-refractivity contribution is 7.90. The number of benzene rings is 1. The molecule has 0 aliphatic carbocycles. The van der Waals surface area contributed by atoms with Crippen molar-refractivity contribution in [2.75, 3.05) is 36.5 Å². The first kappa shape index (κ1) is 22.0. The average Bonchev–Trinajstić information content (AvgIpc) is 2.72. The molecule has 3 rings (SSSR count). The fourth-order valence-corrected chi connectivity index (χ4v) is 4.06. The van der Waals surface area contributed by atoms with E-state index in [9.17, 15) is 13.2 Å². The van der Waals surface area contributed by atoms with Gasteiger partial charge in [-0.3, -0.25) is 4.79 Å². The van der Waals surface area contributed by atoms with Gasteiger partial charge in [0.05, 0.1) is 10.6 Å². The number of rotatable bonds is 8. The predicted octanol–water partition coefficient (Wildman–Crippen LogP) is 1.70. The Morgan fingerprint density at radius 2 is 2.10 bits per heavy atom. The number of piperidine rings is 1. The minimum atomic E-state index is -3.37. The van der Waals surface area contributed by atoms with Crippen LogP contribution >= 0.6 is 0 Å². The van der Waals surface area contributed by atoms with E-state index in [1.807, 2.05) is 6.92 Å². The topological polar surface area (TPSA) is 139 Å². The summed E-state index contributed by atoms with van der Waals surface area (Å²) in [7, 11) is -3.37. The molecule has 1 aromatic carbocycles. The predicted molar refractivity (Wildman–Crippen MR) is 117 cm³/mol. The summed E-state index contributed by atoms with van der Waals surface area (Å²) in [6.45, 7) is 4.67. The molecule has 0 radical (unpaired) electrons. The molecule has 1 aliphatic heterocycles. The number of nitrogens with two attached hydrogens (primary N) is 1. The number of anilines is 3. The van der Waals surface area contributed by atoms with E-state index in [0.717, 1.165) is 38.7 Å². The second-order valence-electron chi connectivity index (χ2n) is 7.45. The van der Waals surface area contributed by atoms with Crippen molar-refractivity contribution in [2.45, 2.75) is 31.1 Å². The van der Waals surface area contributed by atoms with Gasteiger partial charge in [0.25, 0.3) is 5.91 Å². The monoisotopic (exact) mass is 432 g/mol. The summed E-state index contributed by atoms with van der Waals surface area (Å²) in [5.41, 5.74) is 6.67. The summed E-state index contributed by atoms with van der Waals surface area (Å²) in [5.74, 6) is 0.565. The lowest BCUT2D eigenvalue weighted by molar-refractivity contribution is 0.0996. The maximum absolute atomic E-state index is 12.0. The van der Waals surface area contributed by atoms with Crippen LogP contribution in [0.4, 0.5) is 17.3 Å². The molecule has 1 fully saturated rings. The van der Waals surface area contributed by atoms with Crippen LogP contribution in [0.2, 0.25) is 0 Å². The summed E-state index contributed by atoms with van der Waals surface area (Å²) in [5, 5.41) is 9.75. The Morgan fingerprint density at radius 3 is 2.73 bits per heavy atom. The number of hydrogen-bond donors (Lipinski definition) is 4. The van der Waals surface area contributed by atoms with Gasteiger partial charge >= 0.3 is 0 Å². The second kappa shape index (κ2) is 9.40. The molecular formula is C20H28N6O3S. The molecule has 1 aromatic heterocycles.